The molecule has 0 spiro atoms. The smallest absolute Gasteiger partial charge is 0.407 e. The standard InChI is InChI=1S/C52H94N2O7/c1-5-7-9-11-13-15-17-19-21-23-25-27-29-31-33-41-50(55)59-45-37-35-39-49(61-52(57)53-43-47-58-48-44-54(3)4)40-36-38-46-60-51(56)42-34-32-30-28-26-24-22-20-18-16-14-12-10-8-6-2/h13-16,19-22,49H,5-12,17-18,23-48H2,1-4H3,(H,53,57)/b15-13-,16-14-,21-19-,22-20-. The Morgan fingerprint density at radius 3 is 1.36 bits per heavy atom. The number of nitrogens with zero attached hydrogens (tertiary/aromatic N) is 1. The third kappa shape index (κ3) is 48.0. The summed E-state index contributed by atoms with van der Waals surface area (Å²) in [5.74, 6) is -0.258. The van der Waals surface area contributed by atoms with Crippen LogP contribution in [0.25, 0.3) is 0 Å². The number of likely N-dealkylation sites (N-methyl/N-ethyl adjacent to an activating group) is 1. The van der Waals surface area contributed by atoms with E-state index in [-0.39, 0.29) is 18.0 Å². The van der Waals surface area contributed by atoms with Gasteiger partial charge < -0.3 is 29.2 Å². The molecule has 0 unspecified atom stereocenters. The van der Waals surface area contributed by atoms with E-state index in [4.69, 9.17) is 18.9 Å². The number of rotatable bonds is 45. The number of ether oxygens (including phenoxy) is 4. The van der Waals surface area contributed by atoms with Crippen molar-refractivity contribution in [2.45, 2.75) is 213 Å². The summed E-state index contributed by atoms with van der Waals surface area (Å²) in [7, 11) is 3.98. The lowest BCUT2D eigenvalue weighted by Gasteiger charge is -2.18. The van der Waals surface area contributed by atoms with Gasteiger partial charge in [0.05, 0.1) is 26.4 Å². The van der Waals surface area contributed by atoms with Crippen LogP contribution in [0.15, 0.2) is 48.6 Å². The fourth-order valence-electron chi connectivity index (χ4n) is 6.66. The predicted octanol–water partition coefficient (Wildman–Crippen LogP) is 13.7. The van der Waals surface area contributed by atoms with Crippen molar-refractivity contribution in [1.82, 2.24) is 10.2 Å². The summed E-state index contributed by atoms with van der Waals surface area (Å²) in [5.41, 5.74) is 0. The molecule has 0 heterocycles. The van der Waals surface area contributed by atoms with Gasteiger partial charge in [0, 0.05) is 25.9 Å². The van der Waals surface area contributed by atoms with Crippen molar-refractivity contribution >= 4 is 18.0 Å². The van der Waals surface area contributed by atoms with Crippen molar-refractivity contribution in [3.05, 3.63) is 48.6 Å². The predicted molar refractivity (Wildman–Crippen MR) is 256 cm³/mol. The maximum atomic E-state index is 12.6. The van der Waals surface area contributed by atoms with E-state index in [9.17, 15) is 14.4 Å². The molecule has 61 heavy (non-hydrogen) atoms. The lowest BCUT2D eigenvalue weighted by atomic mass is 10.1. The summed E-state index contributed by atoms with van der Waals surface area (Å²) in [6, 6.07) is 0. The highest BCUT2D eigenvalue weighted by molar-refractivity contribution is 5.69. The molecule has 0 aliphatic heterocycles. The highest BCUT2D eigenvalue weighted by atomic mass is 16.6. The quantitative estimate of drug-likeness (QED) is 0.0279. The maximum Gasteiger partial charge on any atom is 0.407 e. The molecule has 0 radical (unpaired) electrons. The molecule has 0 aliphatic rings. The van der Waals surface area contributed by atoms with Crippen LogP contribution in [0.3, 0.4) is 0 Å². The lowest BCUT2D eigenvalue weighted by molar-refractivity contribution is -0.144. The molecule has 0 rings (SSSR count). The Balaban J connectivity index is 4.19. The minimum absolute atomic E-state index is 0.129. The number of amides is 1. The van der Waals surface area contributed by atoms with E-state index >= 15 is 0 Å². The number of hydrogen-bond donors (Lipinski definition) is 1. The number of carbonyl (C=O) groups is 3. The number of esters is 2. The SMILES string of the molecule is CCCCC/C=C\C/C=C\CCCCCCCC(=O)OCCCCC(CCCCOC(=O)CCCCCCC/C=C\C/C=C\CCCCC)OC(=O)NCCOCCN(C)C. The van der Waals surface area contributed by atoms with Gasteiger partial charge in [-0.2, -0.15) is 0 Å². The fraction of sp³-hybridized carbons (Fsp3) is 0.788. The number of nitrogens with one attached hydrogen (secondary N) is 1. The molecule has 0 fully saturated rings. The topological polar surface area (TPSA) is 103 Å². The van der Waals surface area contributed by atoms with Crippen LogP contribution in [-0.4, -0.2) is 82.6 Å². The fourth-order valence-corrected chi connectivity index (χ4v) is 6.66. The molecule has 1 N–H and O–H groups in total. The number of allylic oxidation sites excluding steroid dienone is 8. The Kier molecular flexibility index (Phi) is 45.8. The third-order valence-electron chi connectivity index (χ3n) is 10.5. The van der Waals surface area contributed by atoms with Crippen LogP contribution in [0.2, 0.25) is 0 Å². The van der Waals surface area contributed by atoms with Crippen LogP contribution in [0, 0.1) is 0 Å². The van der Waals surface area contributed by atoms with Gasteiger partial charge in [-0.3, -0.25) is 9.59 Å². The Hall–Kier alpha value is -2.91. The second-order valence-corrected chi connectivity index (χ2v) is 16.8. The van der Waals surface area contributed by atoms with Gasteiger partial charge >= 0.3 is 18.0 Å². The van der Waals surface area contributed by atoms with E-state index in [0.29, 0.717) is 58.7 Å². The zero-order valence-corrected chi connectivity index (χ0v) is 40.0. The zero-order chi connectivity index (χ0) is 44.5. The van der Waals surface area contributed by atoms with Gasteiger partial charge in [-0.25, -0.2) is 4.79 Å². The van der Waals surface area contributed by atoms with Gasteiger partial charge in [0.1, 0.15) is 6.10 Å². The molecule has 0 aromatic heterocycles. The molecule has 0 aromatic rings. The van der Waals surface area contributed by atoms with Gasteiger partial charge in [0.15, 0.2) is 0 Å². The second-order valence-electron chi connectivity index (χ2n) is 16.8. The molecule has 9 nitrogen and oxygen atoms in total. The summed E-state index contributed by atoms with van der Waals surface area (Å²) in [4.78, 5) is 39.2. The lowest BCUT2D eigenvalue weighted by Crippen LogP contribution is -2.32. The zero-order valence-electron chi connectivity index (χ0n) is 40.0. The highest BCUT2D eigenvalue weighted by Gasteiger charge is 2.15. The second kappa shape index (κ2) is 48.1. The number of unbranched alkanes of at least 4 members (excludes halogenated alkanes) is 18. The molecule has 0 saturated carbocycles. The Morgan fingerprint density at radius 2 is 0.918 bits per heavy atom. The Morgan fingerprint density at radius 1 is 0.492 bits per heavy atom. The van der Waals surface area contributed by atoms with Gasteiger partial charge in [0.25, 0.3) is 0 Å². The molecule has 0 aliphatic carbocycles. The molecule has 0 aromatic carbocycles. The molecule has 354 valence electrons. The molecule has 0 atom stereocenters. The van der Waals surface area contributed by atoms with Crippen molar-refractivity contribution in [3.8, 4) is 0 Å². The van der Waals surface area contributed by atoms with E-state index in [0.717, 1.165) is 96.4 Å². The first-order valence-electron chi connectivity index (χ1n) is 25.0. The average Bonchev–Trinajstić information content (AvgIpc) is 3.24. The molecule has 1 amide bonds. The molecule has 0 saturated heterocycles. The van der Waals surface area contributed by atoms with E-state index in [1.54, 1.807) is 0 Å². The molecular formula is C52H94N2O7. The molecular weight excluding hydrogens is 765 g/mol. The minimum atomic E-state index is -0.450. The normalized spacial score (nSPS) is 12.0. The van der Waals surface area contributed by atoms with E-state index < -0.39 is 6.09 Å². The van der Waals surface area contributed by atoms with Crippen LogP contribution < -0.4 is 5.32 Å². The number of carbonyl (C=O) groups excluding carboxylic acids is 3. The van der Waals surface area contributed by atoms with Gasteiger partial charge in [0.2, 0.25) is 0 Å². The first-order valence-corrected chi connectivity index (χ1v) is 25.0. The van der Waals surface area contributed by atoms with Crippen molar-refractivity contribution in [2.24, 2.45) is 0 Å². The molecule has 9 heteroatoms. The highest BCUT2D eigenvalue weighted by Crippen LogP contribution is 2.15. The average molecular weight is 859 g/mol. The summed E-state index contributed by atoms with van der Waals surface area (Å²) < 4.78 is 22.3. The van der Waals surface area contributed by atoms with Gasteiger partial charge in [-0.15, -0.1) is 0 Å². The number of hydrogen-bond acceptors (Lipinski definition) is 8. The largest absolute Gasteiger partial charge is 0.466 e. The monoisotopic (exact) mass is 859 g/mol. The Bertz CT molecular complexity index is 1040. The van der Waals surface area contributed by atoms with Gasteiger partial charge in [-0.1, -0.05) is 127 Å². The van der Waals surface area contributed by atoms with Crippen LogP contribution in [-0.2, 0) is 28.5 Å². The van der Waals surface area contributed by atoms with Crippen LogP contribution >= 0.6 is 0 Å². The van der Waals surface area contributed by atoms with Crippen molar-refractivity contribution < 1.29 is 33.3 Å². The van der Waals surface area contributed by atoms with E-state index in [1.165, 1.54) is 77.0 Å². The summed E-state index contributed by atoms with van der Waals surface area (Å²) in [6.45, 7) is 7.48. The summed E-state index contributed by atoms with van der Waals surface area (Å²) in [6.07, 6.45) is 48.3. The first-order chi connectivity index (χ1) is 29.9. The van der Waals surface area contributed by atoms with E-state index in [1.807, 2.05) is 19.0 Å². The molecule has 0 bridgehead atoms. The van der Waals surface area contributed by atoms with Crippen molar-refractivity contribution in [2.75, 3.05) is 53.6 Å². The first kappa shape index (κ1) is 58.1. The van der Waals surface area contributed by atoms with Crippen molar-refractivity contribution in [3.63, 3.8) is 0 Å². The maximum absolute atomic E-state index is 12.6. The number of alkyl carbamates (subject to hydrolysis) is 1. The van der Waals surface area contributed by atoms with Gasteiger partial charge in [-0.05, 0) is 130 Å². The van der Waals surface area contributed by atoms with Crippen LogP contribution in [0.4, 0.5) is 4.79 Å². The van der Waals surface area contributed by atoms with Crippen molar-refractivity contribution in [1.29, 1.82) is 0 Å². The van der Waals surface area contributed by atoms with E-state index in [2.05, 4.69) is 67.8 Å². The third-order valence-corrected chi connectivity index (χ3v) is 10.5. The van der Waals surface area contributed by atoms with Crippen LogP contribution in [0.1, 0.15) is 206 Å². The Labute approximate surface area is 375 Å². The summed E-state index contributed by atoms with van der Waals surface area (Å²) >= 11 is 0. The van der Waals surface area contributed by atoms with Crippen LogP contribution in [0.5, 0.6) is 0 Å². The summed E-state index contributed by atoms with van der Waals surface area (Å²) in [5, 5.41) is 2.79. The minimum Gasteiger partial charge on any atom is -0.466 e.